The van der Waals surface area contributed by atoms with Crippen molar-refractivity contribution in [3.05, 3.63) is 64.8 Å². The average molecular weight is 347 g/mol. The van der Waals surface area contributed by atoms with E-state index in [1.165, 1.54) is 0 Å². The summed E-state index contributed by atoms with van der Waals surface area (Å²) in [5.74, 6) is -0.306. The Morgan fingerprint density at radius 1 is 1.12 bits per heavy atom. The van der Waals surface area contributed by atoms with Crippen LogP contribution in [0.2, 0.25) is 0 Å². The second kappa shape index (κ2) is 5.26. The van der Waals surface area contributed by atoms with Gasteiger partial charge in [-0.3, -0.25) is 0 Å². The molecule has 4 aromatic rings. The van der Waals surface area contributed by atoms with E-state index >= 15 is 0 Å². The van der Waals surface area contributed by atoms with E-state index in [4.69, 9.17) is 14.8 Å². The lowest BCUT2D eigenvalue weighted by Gasteiger charge is -2.07. The molecule has 1 aromatic carbocycles. The fraction of sp³-hybridized carbons (Fsp3) is 0.105. The van der Waals surface area contributed by atoms with Crippen LogP contribution in [0.15, 0.2) is 47.8 Å². The molecule has 122 valence electrons. The van der Waals surface area contributed by atoms with Gasteiger partial charge in [0, 0.05) is 10.4 Å². The predicted molar refractivity (Wildman–Crippen MR) is 96.0 cm³/mol. The number of thiophene rings is 1. The van der Waals surface area contributed by atoms with Gasteiger partial charge in [-0.1, -0.05) is 24.3 Å². The molecule has 1 aliphatic rings. The lowest BCUT2D eigenvalue weighted by Crippen LogP contribution is -2.02. The van der Waals surface area contributed by atoms with E-state index in [0.29, 0.717) is 11.3 Å². The minimum absolute atomic E-state index is 0.210. The molecule has 0 fully saturated rings. The molecule has 0 bridgehead atoms. The summed E-state index contributed by atoms with van der Waals surface area (Å²) in [6.45, 7) is 2.16. The number of cyclic esters (lactones) is 1. The molecule has 0 aliphatic carbocycles. The van der Waals surface area contributed by atoms with Crippen LogP contribution in [0, 0.1) is 6.92 Å². The van der Waals surface area contributed by atoms with Gasteiger partial charge in [-0.15, -0.1) is 11.3 Å². The summed E-state index contributed by atoms with van der Waals surface area (Å²) in [6.07, 6.45) is 0. The summed E-state index contributed by atoms with van der Waals surface area (Å²) in [7, 11) is 0. The van der Waals surface area contributed by atoms with Crippen molar-refractivity contribution in [1.82, 2.24) is 14.8 Å². The molecule has 3 aromatic heterocycles. The highest BCUT2D eigenvalue weighted by atomic mass is 32.1. The SMILES string of the molecule is Cc1nn(-c2ccccc2)c2nc3c(c(-c4cccs4)c12)C(=O)OC3. The van der Waals surface area contributed by atoms with Crippen LogP contribution in [0.4, 0.5) is 0 Å². The van der Waals surface area contributed by atoms with Crippen LogP contribution in [0.5, 0.6) is 0 Å². The molecule has 0 spiro atoms. The Labute approximate surface area is 147 Å². The Bertz CT molecular complexity index is 1110. The molecule has 25 heavy (non-hydrogen) atoms. The van der Waals surface area contributed by atoms with Gasteiger partial charge in [-0.25, -0.2) is 14.5 Å². The lowest BCUT2D eigenvalue weighted by atomic mass is 10.0. The third-order valence-electron chi connectivity index (χ3n) is 4.38. The van der Waals surface area contributed by atoms with Crippen molar-refractivity contribution in [2.24, 2.45) is 0 Å². The largest absolute Gasteiger partial charge is 0.455 e. The number of benzene rings is 1. The maximum Gasteiger partial charge on any atom is 0.341 e. The molecule has 0 unspecified atom stereocenters. The van der Waals surface area contributed by atoms with E-state index in [0.717, 1.165) is 32.9 Å². The molecule has 0 N–H and O–H groups in total. The molecule has 4 heterocycles. The van der Waals surface area contributed by atoms with Gasteiger partial charge in [0.05, 0.1) is 28.0 Å². The lowest BCUT2D eigenvalue weighted by molar-refractivity contribution is 0.0534. The zero-order valence-corrected chi connectivity index (χ0v) is 14.2. The first-order valence-corrected chi connectivity index (χ1v) is 8.80. The number of aryl methyl sites for hydroxylation is 1. The van der Waals surface area contributed by atoms with Crippen molar-refractivity contribution in [2.75, 3.05) is 0 Å². The zero-order chi connectivity index (χ0) is 17.0. The third-order valence-corrected chi connectivity index (χ3v) is 5.27. The molecule has 0 radical (unpaired) electrons. The van der Waals surface area contributed by atoms with Gasteiger partial charge in [-0.2, -0.15) is 5.10 Å². The fourth-order valence-electron chi connectivity index (χ4n) is 3.31. The molecule has 0 saturated carbocycles. The second-order valence-corrected chi connectivity index (χ2v) is 6.84. The van der Waals surface area contributed by atoms with Crippen molar-refractivity contribution in [3.8, 4) is 16.1 Å². The number of fused-ring (bicyclic) bond motifs is 2. The number of carbonyl (C=O) groups is 1. The summed E-state index contributed by atoms with van der Waals surface area (Å²) in [6, 6.07) is 13.9. The summed E-state index contributed by atoms with van der Waals surface area (Å²) >= 11 is 1.60. The molecule has 0 atom stereocenters. The number of aromatic nitrogens is 3. The topological polar surface area (TPSA) is 57.0 Å². The monoisotopic (exact) mass is 347 g/mol. The van der Waals surface area contributed by atoms with Crippen molar-refractivity contribution in [1.29, 1.82) is 0 Å². The fourth-order valence-corrected chi connectivity index (χ4v) is 4.09. The van der Waals surface area contributed by atoms with Gasteiger partial charge in [0.25, 0.3) is 0 Å². The molecular weight excluding hydrogens is 334 g/mol. The number of hydrogen-bond acceptors (Lipinski definition) is 5. The highest BCUT2D eigenvalue weighted by Gasteiger charge is 2.31. The maximum atomic E-state index is 12.3. The maximum absolute atomic E-state index is 12.3. The molecule has 5 nitrogen and oxygen atoms in total. The van der Waals surface area contributed by atoms with Gasteiger partial charge in [0.15, 0.2) is 5.65 Å². The second-order valence-electron chi connectivity index (χ2n) is 5.89. The van der Waals surface area contributed by atoms with E-state index in [2.05, 4.69) is 0 Å². The molecule has 5 rings (SSSR count). The summed E-state index contributed by atoms with van der Waals surface area (Å²) in [5, 5.41) is 7.61. The number of carbonyl (C=O) groups excluding carboxylic acids is 1. The number of rotatable bonds is 2. The van der Waals surface area contributed by atoms with Gasteiger partial charge < -0.3 is 4.74 Å². The Morgan fingerprint density at radius 3 is 2.72 bits per heavy atom. The van der Waals surface area contributed by atoms with E-state index in [-0.39, 0.29) is 12.6 Å². The first kappa shape index (κ1) is 14.4. The molecular formula is C19H13N3O2S. The average Bonchev–Trinajstić information content (AvgIpc) is 3.35. The molecule has 0 saturated heterocycles. The standard InChI is InChI=1S/C19H13N3O2S/c1-11-15-17(14-8-5-9-25-14)16-13(10-24-19(16)23)20-18(15)22(21-11)12-6-3-2-4-7-12/h2-9H,10H2,1H3. The molecule has 6 heteroatoms. The van der Waals surface area contributed by atoms with Gasteiger partial charge in [-0.05, 0) is 30.5 Å². The van der Waals surface area contributed by atoms with Crippen LogP contribution in [-0.4, -0.2) is 20.7 Å². The van der Waals surface area contributed by atoms with E-state index in [1.807, 2.05) is 59.5 Å². The van der Waals surface area contributed by atoms with Crippen LogP contribution in [0.25, 0.3) is 27.2 Å². The van der Waals surface area contributed by atoms with Crippen molar-refractivity contribution >= 4 is 28.3 Å². The molecule has 1 aliphatic heterocycles. The Balaban J connectivity index is 1.93. The minimum Gasteiger partial charge on any atom is -0.455 e. The smallest absolute Gasteiger partial charge is 0.341 e. The number of para-hydroxylation sites is 1. The van der Waals surface area contributed by atoms with Crippen LogP contribution in [-0.2, 0) is 11.3 Å². The highest BCUT2D eigenvalue weighted by Crippen LogP contribution is 2.40. The Morgan fingerprint density at radius 2 is 1.96 bits per heavy atom. The normalized spacial score (nSPS) is 13.2. The van der Waals surface area contributed by atoms with Crippen molar-refractivity contribution < 1.29 is 9.53 Å². The van der Waals surface area contributed by atoms with Gasteiger partial charge in [0.2, 0.25) is 0 Å². The Hall–Kier alpha value is -2.99. The first-order valence-electron chi connectivity index (χ1n) is 7.92. The van der Waals surface area contributed by atoms with Crippen LogP contribution in [0.1, 0.15) is 21.7 Å². The van der Waals surface area contributed by atoms with E-state index in [1.54, 1.807) is 11.3 Å². The number of nitrogens with zero attached hydrogens (tertiary/aromatic N) is 3. The van der Waals surface area contributed by atoms with Crippen LogP contribution >= 0.6 is 11.3 Å². The number of ether oxygens (including phenoxy) is 1. The van der Waals surface area contributed by atoms with Crippen molar-refractivity contribution in [3.63, 3.8) is 0 Å². The predicted octanol–water partition coefficient (Wildman–Crippen LogP) is 4.13. The van der Waals surface area contributed by atoms with Crippen molar-refractivity contribution in [2.45, 2.75) is 13.5 Å². The van der Waals surface area contributed by atoms with Gasteiger partial charge >= 0.3 is 5.97 Å². The summed E-state index contributed by atoms with van der Waals surface area (Å²) in [5.41, 5.74) is 4.68. The van der Waals surface area contributed by atoms with Crippen LogP contribution < -0.4 is 0 Å². The third kappa shape index (κ3) is 2.04. The number of pyridine rings is 1. The number of hydrogen-bond donors (Lipinski definition) is 0. The number of esters is 1. The van der Waals surface area contributed by atoms with E-state index < -0.39 is 0 Å². The van der Waals surface area contributed by atoms with Crippen LogP contribution in [0.3, 0.4) is 0 Å². The first-order chi connectivity index (χ1) is 12.2. The highest BCUT2D eigenvalue weighted by molar-refractivity contribution is 7.13. The quantitative estimate of drug-likeness (QED) is 0.512. The Kier molecular flexibility index (Phi) is 3.02. The summed E-state index contributed by atoms with van der Waals surface area (Å²) in [4.78, 5) is 18.1. The zero-order valence-electron chi connectivity index (χ0n) is 13.4. The van der Waals surface area contributed by atoms with Gasteiger partial charge in [0.1, 0.15) is 6.61 Å². The minimum atomic E-state index is -0.306. The summed E-state index contributed by atoms with van der Waals surface area (Å²) < 4.78 is 7.10. The molecule has 0 amide bonds. The van der Waals surface area contributed by atoms with E-state index in [9.17, 15) is 4.79 Å².